The van der Waals surface area contributed by atoms with Gasteiger partial charge in [0.1, 0.15) is 9.79 Å². The highest BCUT2D eigenvalue weighted by Gasteiger charge is 2.36. The van der Waals surface area contributed by atoms with E-state index in [1.807, 2.05) is 4.98 Å². The van der Waals surface area contributed by atoms with Crippen LogP contribution in [0.25, 0.3) is 66.5 Å². The number of aryl methyl sites for hydroxylation is 2. The molecule has 64 heavy (non-hydrogen) atoms. The largest absolute Gasteiger partial charge is 0.354 e. The summed E-state index contributed by atoms with van der Waals surface area (Å²) in [4.78, 5) is 7.15. The summed E-state index contributed by atoms with van der Waals surface area (Å²) in [5, 5.41) is 0. The minimum atomic E-state index is -5.90. The number of hydrogen-bond donors (Lipinski definition) is 5. The SMILES string of the molecule is O=S(=O)(O)c1cc2[nH]c1c(-c1c(F)c(F)c(F)c(F)c1F)c1nc(c(-c3c(F)c(F)c(F)c(F)c3F)c3ccc([nH]3)c(-c3c(F)c(F)c(F)c(F)c3F)c3cc(S(=O)(=O)O)c2[nH]3)CC1. The normalized spacial score (nSPS) is 12.9. The van der Waals surface area contributed by atoms with Gasteiger partial charge in [0.05, 0.1) is 50.1 Å². The highest BCUT2D eigenvalue weighted by Crippen LogP contribution is 2.44. The summed E-state index contributed by atoms with van der Waals surface area (Å²) in [5.74, 6) is -40.2. The second-order valence-electron chi connectivity index (χ2n) is 13.5. The van der Waals surface area contributed by atoms with E-state index in [1.54, 1.807) is 0 Å². The topological polar surface area (TPSA) is 169 Å². The van der Waals surface area contributed by atoms with Gasteiger partial charge in [-0.25, -0.2) is 65.9 Å². The van der Waals surface area contributed by atoms with Crippen molar-refractivity contribution in [3.05, 3.63) is 123 Å². The molecule has 7 aromatic rings. The number of aromatic amines is 3. The number of aromatic nitrogens is 4. The fraction of sp³-hybridized carbons (Fsp3) is 0.0541. The zero-order chi connectivity index (χ0) is 47.0. The lowest BCUT2D eigenvalue weighted by Crippen LogP contribution is -2.06. The zero-order valence-electron chi connectivity index (χ0n) is 30.2. The molecule has 4 aromatic heterocycles. The Morgan fingerprint density at radius 2 is 0.688 bits per heavy atom. The fourth-order valence-corrected chi connectivity index (χ4v) is 8.59. The highest BCUT2D eigenvalue weighted by atomic mass is 32.2. The van der Waals surface area contributed by atoms with Crippen LogP contribution in [0.15, 0.2) is 34.1 Å². The predicted octanol–water partition coefficient (Wildman–Crippen LogP) is 9.89. The van der Waals surface area contributed by atoms with E-state index >= 15 is 26.3 Å². The Morgan fingerprint density at radius 3 is 1.11 bits per heavy atom. The summed E-state index contributed by atoms with van der Waals surface area (Å²) in [5.41, 5.74) is -18.8. The van der Waals surface area contributed by atoms with Crippen molar-refractivity contribution in [1.29, 1.82) is 0 Å². The van der Waals surface area contributed by atoms with Crippen molar-refractivity contribution < 1.29 is 91.8 Å². The molecule has 8 rings (SSSR count). The van der Waals surface area contributed by atoms with Crippen LogP contribution in [0.3, 0.4) is 0 Å². The van der Waals surface area contributed by atoms with Crippen LogP contribution in [0.5, 0.6) is 0 Å². The Bertz CT molecular complexity index is 3560. The molecular formula is C37H13F15N4O6S2. The number of halogens is 15. The van der Waals surface area contributed by atoms with Gasteiger partial charge in [-0.1, -0.05) is 0 Å². The van der Waals surface area contributed by atoms with E-state index in [0.29, 0.717) is 12.1 Å². The summed E-state index contributed by atoms with van der Waals surface area (Å²) in [6.07, 6.45) is -1.87. The van der Waals surface area contributed by atoms with Gasteiger partial charge in [-0.15, -0.1) is 0 Å². The predicted molar refractivity (Wildman–Crippen MR) is 189 cm³/mol. The van der Waals surface area contributed by atoms with Gasteiger partial charge in [0.25, 0.3) is 20.2 Å². The Kier molecular flexibility index (Phi) is 10.1. The van der Waals surface area contributed by atoms with Crippen LogP contribution in [0.1, 0.15) is 11.4 Å². The van der Waals surface area contributed by atoms with Gasteiger partial charge < -0.3 is 15.0 Å². The number of nitrogens with one attached hydrogen (secondary N) is 3. The van der Waals surface area contributed by atoms with E-state index in [4.69, 9.17) is 0 Å². The molecule has 0 atom stereocenters. The quantitative estimate of drug-likeness (QED) is 0.0495. The van der Waals surface area contributed by atoms with Gasteiger partial charge in [0.15, 0.2) is 69.8 Å². The molecule has 5 heterocycles. The summed E-state index contributed by atoms with van der Waals surface area (Å²) < 4.78 is 299. The van der Waals surface area contributed by atoms with Crippen LogP contribution >= 0.6 is 0 Å². The van der Waals surface area contributed by atoms with Crippen LogP contribution < -0.4 is 0 Å². The molecule has 1 aliphatic heterocycles. The summed E-state index contributed by atoms with van der Waals surface area (Å²) >= 11 is 0. The van der Waals surface area contributed by atoms with E-state index in [9.17, 15) is 65.5 Å². The maximum atomic E-state index is 15.8. The molecule has 0 saturated carbocycles. The number of H-pyrrole nitrogens is 3. The van der Waals surface area contributed by atoms with E-state index in [1.165, 1.54) is 0 Å². The number of fused-ring (bicyclic) bond motifs is 9. The standard InChI is InChI=1S/C37H13F15N4O6S2/c38-21-18(22(39)28(45)33(50)27(21)44)15-7-1-2-9(53-7)16(19-23(40)29(46)34(51)30(47)24(19)41)11-5-13(63(57,58)59)36(55-11)12-6-14(64(60,61)62)37(56-12)17(10-4-3-8(15)54-10)20-25(42)31(48)35(52)32(49)26(20)43/h1-2,5-6,53,55-56H,3-4H2,(H,57,58,59)(H,60,61,62). The summed E-state index contributed by atoms with van der Waals surface area (Å²) in [6, 6.07) is 1.65. The van der Waals surface area contributed by atoms with Gasteiger partial charge >= 0.3 is 0 Å². The molecule has 8 bridgehead atoms. The van der Waals surface area contributed by atoms with Gasteiger partial charge in [-0.05, 0) is 37.1 Å². The van der Waals surface area contributed by atoms with Crippen molar-refractivity contribution in [2.24, 2.45) is 0 Å². The van der Waals surface area contributed by atoms with Crippen LogP contribution in [0.4, 0.5) is 65.9 Å². The van der Waals surface area contributed by atoms with Gasteiger partial charge in [0, 0.05) is 27.7 Å². The summed E-state index contributed by atoms with van der Waals surface area (Å²) in [7, 11) is -11.7. The Hall–Kier alpha value is -6.58. The Labute approximate surface area is 343 Å². The van der Waals surface area contributed by atoms with Crippen molar-refractivity contribution in [1.82, 2.24) is 19.9 Å². The molecule has 0 fully saturated rings. The van der Waals surface area contributed by atoms with Gasteiger partial charge in [-0.2, -0.15) is 16.8 Å². The molecule has 0 unspecified atom stereocenters. The number of nitrogens with zero attached hydrogens (tertiary/aromatic N) is 1. The third kappa shape index (κ3) is 6.46. The smallest absolute Gasteiger partial charge is 0.296 e. The second-order valence-corrected chi connectivity index (χ2v) is 16.3. The molecule has 0 spiro atoms. The van der Waals surface area contributed by atoms with Crippen molar-refractivity contribution >= 4 is 53.3 Å². The molecule has 0 radical (unpaired) electrons. The number of benzene rings is 3. The fourth-order valence-electron chi connectivity index (χ4n) is 7.23. The van der Waals surface area contributed by atoms with E-state index < -0.39 is 208 Å². The Morgan fingerprint density at radius 1 is 0.375 bits per heavy atom. The maximum absolute atomic E-state index is 15.8. The molecule has 27 heteroatoms. The van der Waals surface area contributed by atoms with E-state index in [2.05, 4.69) is 15.0 Å². The number of rotatable bonds is 5. The third-order valence-electron chi connectivity index (χ3n) is 9.96. The zero-order valence-corrected chi connectivity index (χ0v) is 31.8. The van der Waals surface area contributed by atoms with Crippen LogP contribution in [-0.2, 0) is 33.1 Å². The van der Waals surface area contributed by atoms with E-state index in [0.717, 1.165) is 0 Å². The first-order chi connectivity index (χ1) is 29.8. The molecule has 0 aliphatic carbocycles. The van der Waals surface area contributed by atoms with Gasteiger partial charge in [-0.3, -0.25) is 14.1 Å². The molecule has 0 amide bonds. The molecule has 1 aliphatic rings. The average molecular weight is 959 g/mol. The molecule has 10 nitrogen and oxygen atoms in total. The highest BCUT2D eigenvalue weighted by molar-refractivity contribution is 7.86. The third-order valence-corrected chi connectivity index (χ3v) is 11.7. The molecule has 334 valence electrons. The lowest BCUT2D eigenvalue weighted by Gasteiger charge is -2.11. The van der Waals surface area contributed by atoms with Crippen LogP contribution in [0.2, 0.25) is 0 Å². The van der Waals surface area contributed by atoms with Gasteiger partial charge in [0.2, 0.25) is 17.5 Å². The minimum Gasteiger partial charge on any atom is -0.354 e. The summed E-state index contributed by atoms with van der Waals surface area (Å²) in [6.45, 7) is 0. The molecule has 0 saturated heterocycles. The second kappa shape index (κ2) is 14.7. The van der Waals surface area contributed by atoms with Crippen LogP contribution in [-0.4, -0.2) is 45.9 Å². The molecule has 5 N–H and O–H groups in total. The first kappa shape index (κ1) is 44.0. The van der Waals surface area contributed by atoms with Crippen molar-refractivity contribution in [2.45, 2.75) is 22.6 Å². The van der Waals surface area contributed by atoms with Crippen LogP contribution in [0, 0.1) is 87.3 Å². The van der Waals surface area contributed by atoms with Crippen molar-refractivity contribution in [2.75, 3.05) is 0 Å². The molecule has 3 aromatic carbocycles. The first-order valence-electron chi connectivity index (χ1n) is 17.0. The minimum absolute atomic E-state index is 0.199. The Balaban J connectivity index is 1.77. The van der Waals surface area contributed by atoms with Crippen molar-refractivity contribution in [3.63, 3.8) is 0 Å². The first-order valence-corrected chi connectivity index (χ1v) is 19.9. The lowest BCUT2D eigenvalue weighted by molar-refractivity contribution is 0.381. The maximum Gasteiger partial charge on any atom is 0.296 e. The van der Waals surface area contributed by atoms with Crippen molar-refractivity contribution in [3.8, 4) is 33.4 Å². The molecular weight excluding hydrogens is 946 g/mol. The average Bonchev–Trinajstić information content (AvgIpc) is 4.07. The monoisotopic (exact) mass is 958 g/mol. The number of hydrogen-bond acceptors (Lipinski definition) is 5. The van der Waals surface area contributed by atoms with E-state index in [-0.39, 0.29) is 12.1 Å². The lowest BCUT2D eigenvalue weighted by atomic mass is 9.98.